The highest BCUT2D eigenvalue weighted by Crippen LogP contribution is 2.32. The molecule has 5 nitrogen and oxygen atoms in total. The van der Waals surface area contributed by atoms with E-state index in [-0.39, 0.29) is 12.5 Å². The Morgan fingerprint density at radius 3 is 2.64 bits per heavy atom. The largest absolute Gasteiger partial charge is 0.382 e. The number of carbonyl (C=O) groups is 2. The summed E-state index contributed by atoms with van der Waals surface area (Å²) in [4.78, 5) is 26.5. The van der Waals surface area contributed by atoms with Gasteiger partial charge in [-0.3, -0.25) is 9.59 Å². The maximum atomic E-state index is 12.9. The van der Waals surface area contributed by atoms with E-state index in [4.69, 9.17) is 22.1 Å². The van der Waals surface area contributed by atoms with Crippen molar-refractivity contribution in [3.63, 3.8) is 0 Å². The van der Waals surface area contributed by atoms with E-state index in [0.717, 1.165) is 17.5 Å². The van der Waals surface area contributed by atoms with Gasteiger partial charge in [-0.05, 0) is 49.9 Å². The minimum absolute atomic E-state index is 0.111. The summed E-state index contributed by atoms with van der Waals surface area (Å²) in [5.74, 6) is -0.728. The summed E-state index contributed by atoms with van der Waals surface area (Å²) in [5.41, 5.74) is 6.67. The molecular weight excluding hydrogens is 304 g/mol. The maximum Gasteiger partial charge on any atom is 0.255 e. The Morgan fingerprint density at radius 1 is 1.36 bits per heavy atom. The first kappa shape index (κ1) is 16.8. The average Bonchev–Trinajstić information content (AvgIpc) is 2.87. The predicted octanol–water partition coefficient (Wildman–Crippen LogP) is 2.06. The van der Waals surface area contributed by atoms with Crippen LogP contribution in [-0.2, 0) is 9.53 Å². The highest BCUT2D eigenvalue weighted by atomic mass is 35.5. The monoisotopic (exact) mass is 324 g/mol. The van der Waals surface area contributed by atoms with Crippen LogP contribution in [0.5, 0.6) is 0 Å². The molecule has 1 aromatic carbocycles. The number of nitrogens with two attached hydrogens (primary N) is 1. The molecule has 1 saturated heterocycles. The van der Waals surface area contributed by atoms with Crippen LogP contribution in [-0.4, -0.2) is 42.5 Å². The van der Waals surface area contributed by atoms with Crippen LogP contribution in [0, 0.1) is 13.8 Å². The van der Waals surface area contributed by atoms with Gasteiger partial charge in [0, 0.05) is 24.2 Å². The maximum absolute atomic E-state index is 12.9. The van der Waals surface area contributed by atoms with Crippen LogP contribution < -0.4 is 5.73 Å². The molecule has 0 bridgehead atoms. The lowest BCUT2D eigenvalue weighted by Crippen LogP contribution is -2.58. The van der Waals surface area contributed by atoms with Crippen molar-refractivity contribution in [2.45, 2.75) is 32.2 Å². The number of carbonyl (C=O) groups excluding carboxylic acids is 2. The highest BCUT2D eigenvalue weighted by Gasteiger charge is 2.49. The minimum atomic E-state index is -1.06. The minimum Gasteiger partial charge on any atom is -0.382 e. The molecule has 1 aromatic rings. The number of halogens is 1. The molecule has 2 N–H and O–H groups in total. The normalized spacial score (nSPS) is 21.2. The number of likely N-dealkylation sites (tertiary alicyclic amines) is 1. The molecule has 22 heavy (non-hydrogen) atoms. The van der Waals surface area contributed by atoms with Crippen LogP contribution in [0.25, 0.3) is 0 Å². The molecule has 0 spiro atoms. The Balaban J connectivity index is 2.44. The summed E-state index contributed by atoms with van der Waals surface area (Å²) in [6.45, 7) is 4.28. The molecule has 0 saturated carbocycles. The Morgan fingerprint density at radius 2 is 2.05 bits per heavy atom. The van der Waals surface area contributed by atoms with Gasteiger partial charge in [-0.25, -0.2) is 0 Å². The van der Waals surface area contributed by atoms with Crippen molar-refractivity contribution in [1.29, 1.82) is 0 Å². The summed E-state index contributed by atoms with van der Waals surface area (Å²) in [6.07, 6.45) is 1.25. The smallest absolute Gasteiger partial charge is 0.255 e. The first-order valence-corrected chi connectivity index (χ1v) is 7.59. The van der Waals surface area contributed by atoms with E-state index in [1.54, 1.807) is 17.0 Å². The van der Waals surface area contributed by atoms with Gasteiger partial charge in [0.05, 0.1) is 6.61 Å². The van der Waals surface area contributed by atoms with Gasteiger partial charge in [0.25, 0.3) is 5.91 Å². The van der Waals surface area contributed by atoms with Crippen LogP contribution >= 0.6 is 11.6 Å². The predicted molar refractivity (Wildman–Crippen MR) is 85.0 cm³/mol. The van der Waals surface area contributed by atoms with Crippen LogP contribution in [0.1, 0.15) is 34.3 Å². The van der Waals surface area contributed by atoms with Gasteiger partial charge in [0.1, 0.15) is 5.54 Å². The first-order chi connectivity index (χ1) is 10.3. The topological polar surface area (TPSA) is 72.6 Å². The van der Waals surface area contributed by atoms with Crippen molar-refractivity contribution in [3.05, 3.63) is 33.8 Å². The number of aryl methyl sites for hydroxylation is 2. The van der Waals surface area contributed by atoms with Gasteiger partial charge < -0.3 is 15.4 Å². The third-order valence-corrected chi connectivity index (χ3v) is 4.72. The number of methoxy groups -OCH3 is 1. The number of rotatable bonds is 4. The standard InChI is InChI=1S/C16H21ClN2O3/c1-10-8-13(17)11(2)7-12(10)14(20)19-6-4-5-16(19,9-22-3)15(18)21/h7-8H,4-6,9H2,1-3H3,(H2,18,21). The van der Waals surface area contributed by atoms with Crippen LogP contribution in [0.2, 0.25) is 5.02 Å². The molecule has 1 atom stereocenters. The second-order valence-electron chi connectivity index (χ2n) is 5.81. The Hall–Kier alpha value is -1.59. The van der Waals surface area contributed by atoms with Gasteiger partial charge in [-0.15, -0.1) is 0 Å². The quantitative estimate of drug-likeness (QED) is 0.921. The summed E-state index contributed by atoms with van der Waals surface area (Å²) >= 11 is 6.09. The van der Waals surface area contributed by atoms with Crippen LogP contribution in [0.3, 0.4) is 0 Å². The number of primary amides is 1. The number of benzene rings is 1. The van der Waals surface area contributed by atoms with E-state index in [9.17, 15) is 9.59 Å². The zero-order valence-corrected chi connectivity index (χ0v) is 13.9. The third kappa shape index (κ3) is 2.71. The van der Waals surface area contributed by atoms with Gasteiger partial charge >= 0.3 is 0 Å². The molecule has 0 radical (unpaired) electrons. The van der Waals surface area contributed by atoms with E-state index in [0.29, 0.717) is 23.6 Å². The van der Waals surface area contributed by atoms with Crippen LogP contribution in [0.15, 0.2) is 12.1 Å². The average molecular weight is 325 g/mol. The first-order valence-electron chi connectivity index (χ1n) is 7.21. The molecule has 120 valence electrons. The van der Waals surface area contributed by atoms with Crippen molar-refractivity contribution in [1.82, 2.24) is 4.90 Å². The molecule has 1 heterocycles. The van der Waals surface area contributed by atoms with Crippen LogP contribution in [0.4, 0.5) is 0 Å². The number of nitrogens with zero attached hydrogens (tertiary/aromatic N) is 1. The fourth-order valence-electron chi connectivity index (χ4n) is 3.05. The van der Waals surface area contributed by atoms with Crippen molar-refractivity contribution in [2.75, 3.05) is 20.3 Å². The summed E-state index contributed by atoms with van der Waals surface area (Å²) in [6, 6.07) is 3.53. The molecule has 1 unspecified atom stereocenters. The van der Waals surface area contributed by atoms with E-state index >= 15 is 0 Å². The van der Waals surface area contributed by atoms with Gasteiger partial charge in [-0.1, -0.05) is 11.6 Å². The lowest BCUT2D eigenvalue weighted by molar-refractivity contribution is -0.130. The number of ether oxygens (including phenoxy) is 1. The number of hydrogen-bond acceptors (Lipinski definition) is 3. The summed E-state index contributed by atoms with van der Waals surface area (Å²) in [7, 11) is 1.50. The molecule has 6 heteroatoms. The zero-order valence-electron chi connectivity index (χ0n) is 13.1. The van der Waals surface area contributed by atoms with Gasteiger partial charge in [-0.2, -0.15) is 0 Å². The fraction of sp³-hybridized carbons (Fsp3) is 0.500. The van der Waals surface area contributed by atoms with Crippen molar-refractivity contribution < 1.29 is 14.3 Å². The summed E-state index contributed by atoms with van der Waals surface area (Å²) in [5, 5.41) is 0.619. The molecule has 2 rings (SSSR count). The molecule has 1 fully saturated rings. The molecule has 0 aromatic heterocycles. The third-order valence-electron chi connectivity index (χ3n) is 4.31. The Labute approximate surface area is 135 Å². The van der Waals surface area contributed by atoms with E-state index in [1.165, 1.54) is 7.11 Å². The van der Waals surface area contributed by atoms with E-state index < -0.39 is 11.4 Å². The Bertz CT molecular complexity index is 618. The molecule has 1 aliphatic heterocycles. The highest BCUT2D eigenvalue weighted by molar-refractivity contribution is 6.31. The number of hydrogen-bond donors (Lipinski definition) is 1. The zero-order chi connectivity index (χ0) is 16.5. The number of amides is 2. The summed E-state index contributed by atoms with van der Waals surface area (Å²) < 4.78 is 5.16. The lowest BCUT2D eigenvalue weighted by Gasteiger charge is -2.35. The molecule has 0 aliphatic carbocycles. The molecule has 1 aliphatic rings. The Kier molecular flexibility index (Phi) is 4.78. The fourth-order valence-corrected chi connectivity index (χ4v) is 3.27. The van der Waals surface area contributed by atoms with Crippen molar-refractivity contribution in [2.24, 2.45) is 5.73 Å². The second-order valence-corrected chi connectivity index (χ2v) is 6.21. The SMILES string of the molecule is COCC1(C(N)=O)CCCN1C(=O)c1cc(C)c(Cl)cc1C. The van der Waals surface area contributed by atoms with E-state index in [1.807, 2.05) is 13.8 Å². The lowest BCUT2D eigenvalue weighted by atomic mass is 9.94. The second kappa shape index (κ2) is 6.26. The van der Waals surface area contributed by atoms with E-state index in [2.05, 4.69) is 0 Å². The van der Waals surface area contributed by atoms with Gasteiger partial charge in [0.15, 0.2) is 0 Å². The van der Waals surface area contributed by atoms with Crippen molar-refractivity contribution in [3.8, 4) is 0 Å². The molecular formula is C16H21ClN2O3. The van der Waals surface area contributed by atoms with Crippen molar-refractivity contribution >= 4 is 23.4 Å². The molecule has 2 amide bonds. The van der Waals surface area contributed by atoms with Gasteiger partial charge in [0.2, 0.25) is 5.91 Å².